The summed E-state index contributed by atoms with van der Waals surface area (Å²) >= 11 is 1.27. The molecule has 0 atom stereocenters. The number of nitriles is 1. The molecular formula is C14H9FN2O2S. The largest absolute Gasteiger partial charge is 0.478 e. The second-order valence-corrected chi connectivity index (χ2v) is 4.87. The smallest absolute Gasteiger partial charge is 0.337 e. The molecule has 6 heteroatoms. The molecule has 0 saturated carbocycles. The first-order valence-electron chi connectivity index (χ1n) is 5.61. The first-order valence-corrected chi connectivity index (χ1v) is 6.60. The number of thioether (sulfide) groups is 1. The Morgan fingerprint density at radius 2 is 2.20 bits per heavy atom. The van der Waals surface area contributed by atoms with E-state index in [9.17, 15) is 9.18 Å². The number of hydrogen-bond donors (Lipinski definition) is 1. The summed E-state index contributed by atoms with van der Waals surface area (Å²) in [5, 5.41) is 18.1. The van der Waals surface area contributed by atoms with E-state index in [2.05, 4.69) is 4.98 Å². The maximum Gasteiger partial charge on any atom is 0.337 e. The van der Waals surface area contributed by atoms with E-state index < -0.39 is 11.8 Å². The third kappa shape index (κ3) is 3.13. The lowest BCUT2D eigenvalue weighted by Crippen LogP contribution is -1.97. The fraction of sp³-hybridized carbons (Fsp3) is 0.0714. The molecule has 0 aliphatic carbocycles. The van der Waals surface area contributed by atoms with Crippen LogP contribution in [-0.2, 0) is 5.75 Å². The molecule has 0 radical (unpaired) electrons. The second-order valence-electron chi connectivity index (χ2n) is 3.87. The number of rotatable bonds is 4. The molecule has 0 unspecified atom stereocenters. The van der Waals surface area contributed by atoms with E-state index in [-0.39, 0.29) is 11.1 Å². The molecule has 20 heavy (non-hydrogen) atoms. The van der Waals surface area contributed by atoms with E-state index in [4.69, 9.17) is 10.4 Å². The Morgan fingerprint density at radius 1 is 1.40 bits per heavy atom. The van der Waals surface area contributed by atoms with Crippen molar-refractivity contribution >= 4 is 17.7 Å². The van der Waals surface area contributed by atoms with Crippen LogP contribution < -0.4 is 0 Å². The molecule has 0 aliphatic heterocycles. The summed E-state index contributed by atoms with van der Waals surface area (Å²) in [7, 11) is 0. The first-order chi connectivity index (χ1) is 9.61. The van der Waals surface area contributed by atoms with Crippen LogP contribution in [-0.4, -0.2) is 16.1 Å². The van der Waals surface area contributed by atoms with Crippen molar-refractivity contribution < 1.29 is 14.3 Å². The second kappa shape index (κ2) is 6.17. The van der Waals surface area contributed by atoms with Crippen molar-refractivity contribution in [1.82, 2.24) is 4.98 Å². The molecule has 2 rings (SSSR count). The maximum atomic E-state index is 13.8. The average Bonchev–Trinajstić information content (AvgIpc) is 2.46. The molecule has 1 heterocycles. The molecule has 0 saturated heterocycles. The SMILES string of the molecule is N#Cc1cccc(CSc2ccc(C(=O)O)cn2)c1F. The molecular weight excluding hydrogens is 279 g/mol. The minimum absolute atomic E-state index is 0.0114. The molecule has 0 amide bonds. The predicted molar refractivity (Wildman–Crippen MR) is 71.9 cm³/mol. The van der Waals surface area contributed by atoms with Crippen molar-refractivity contribution in [3.05, 3.63) is 59.0 Å². The number of aromatic carboxylic acids is 1. The third-order valence-electron chi connectivity index (χ3n) is 2.56. The Hall–Kier alpha value is -2.39. The fourth-order valence-electron chi connectivity index (χ4n) is 1.52. The summed E-state index contributed by atoms with van der Waals surface area (Å²) in [6.45, 7) is 0. The van der Waals surface area contributed by atoms with Gasteiger partial charge in [0, 0.05) is 11.9 Å². The van der Waals surface area contributed by atoms with Gasteiger partial charge in [0.25, 0.3) is 0 Å². The zero-order valence-corrected chi connectivity index (χ0v) is 11.0. The van der Waals surface area contributed by atoms with Gasteiger partial charge < -0.3 is 5.11 Å². The summed E-state index contributed by atoms with van der Waals surface area (Å²) in [4.78, 5) is 14.7. The number of carboxylic acid groups (broad SMARTS) is 1. The van der Waals surface area contributed by atoms with Gasteiger partial charge >= 0.3 is 5.97 Å². The van der Waals surface area contributed by atoms with E-state index in [0.29, 0.717) is 16.3 Å². The van der Waals surface area contributed by atoms with Crippen LogP contribution in [0.1, 0.15) is 21.5 Å². The van der Waals surface area contributed by atoms with Gasteiger partial charge in [0.2, 0.25) is 0 Å². The zero-order valence-electron chi connectivity index (χ0n) is 10.2. The summed E-state index contributed by atoms with van der Waals surface area (Å²) in [6, 6.07) is 9.45. The Balaban J connectivity index is 2.09. The summed E-state index contributed by atoms with van der Waals surface area (Å²) in [5.74, 6) is -1.24. The number of benzene rings is 1. The third-order valence-corrected chi connectivity index (χ3v) is 3.55. The number of carbonyl (C=O) groups is 1. The lowest BCUT2D eigenvalue weighted by atomic mass is 10.1. The molecule has 1 N–H and O–H groups in total. The van der Waals surface area contributed by atoms with Crippen LogP contribution in [0.2, 0.25) is 0 Å². The zero-order chi connectivity index (χ0) is 14.5. The van der Waals surface area contributed by atoms with Crippen LogP contribution in [0.25, 0.3) is 0 Å². The van der Waals surface area contributed by atoms with Crippen LogP contribution in [0, 0.1) is 17.1 Å². The van der Waals surface area contributed by atoms with Gasteiger partial charge in [0.05, 0.1) is 16.2 Å². The molecule has 100 valence electrons. The summed E-state index contributed by atoms with van der Waals surface area (Å²) in [6.07, 6.45) is 1.26. The molecule has 0 spiro atoms. The minimum Gasteiger partial charge on any atom is -0.478 e. The highest BCUT2D eigenvalue weighted by molar-refractivity contribution is 7.98. The molecule has 2 aromatic rings. The van der Waals surface area contributed by atoms with Gasteiger partial charge in [-0.1, -0.05) is 12.1 Å². The topological polar surface area (TPSA) is 74.0 Å². The minimum atomic E-state index is -1.04. The standard InChI is InChI=1S/C14H9FN2O2S/c15-13-9(6-16)2-1-3-11(13)8-20-12-5-4-10(7-17-12)14(18)19/h1-5,7H,8H2,(H,18,19). The van der Waals surface area contributed by atoms with Crippen molar-refractivity contribution in [2.75, 3.05) is 0 Å². The lowest BCUT2D eigenvalue weighted by Gasteiger charge is -2.04. The molecule has 0 bridgehead atoms. The molecule has 1 aromatic heterocycles. The monoisotopic (exact) mass is 288 g/mol. The van der Waals surface area contributed by atoms with Gasteiger partial charge in [-0.3, -0.25) is 0 Å². The number of nitrogens with zero attached hydrogens (tertiary/aromatic N) is 2. The van der Waals surface area contributed by atoms with Gasteiger partial charge in [-0.2, -0.15) is 5.26 Å². The number of hydrogen-bond acceptors (Lipinski definition) is 4. The van der Waals surface area contributed by atoms with E-state index in [1.807, 2.05) is 0 Å². The van der Waals surface area contributed by atoms with Gasteiger partial charge in [0.15, 0.2) is 0 Å². The van der Waals surface area contributed by atoms with Crippen molar-refractivity contribution in [1.29, 1.82) is 5.26 Å². The van der Waals surface area contributed by atoms with E-state index in [1.165, 1.54) is 30.1 Å². The van der Waals surface area contributed by atoms with Crippen LogP contribution >= 0.6 is 11.8 Å². The molecule has 0 fully saturated rings. The average molecular weight is 288 g/mol. The van der Waals surface area contributed by atoms with Gasteiger partial charge in [-0.25, -0.2) is 14.2 Å². The van der Waals surface area contributed by atoms with E-state index >= 15 is 0 Å². The summed E-state index contributed by atoms with van der Waals surface area (Å²) in [5.41, 5.74) is 0.530. The quantitative estimate of drug-likeness (QED) is 0.875. The molecule has 0 aliphatic rings. The van der Waals surface area contributed by atoms with Gasteiger partial charge in [0.1, 0.15) is 11.9 Å². The van der Waals surface area contributed by atoms with Crippen LogP contribution in [0.15, 0.2) is 41.6 Å². The van der Waals surface area contributed by atoms with Crippen molar-refractivity contribution in [2.45, 2.75) is 10.8 Å². The predicted octanol–water partition coefficient (Wildman–Crippen LogP) is 3.08. The van der Waals surface area contributed by atoms with Crippen LogP contribution in [0.4, 0.5) is 4.39 Å². The van der Waals surface area contributed by atoms with Gasteiger partial charge in [-0.15, -0.1) is 11.8 Å². The Morgan fingerprint density at radius 3 is 2.80 bits per heavy atom. The van der Waals surface area contributed by atoms with Crippen molar-refractivity contribution in [3.63, 3.8) is 0 Å². The lowest BCUT2D eigenvalue weighted by molar-refractivity contribution is 0.0696. The highest BCUT2D eigenvalue weighted by Gasteiger charge is 2.09. The van der Waals surface area contributed by atoms with Crippen molar-refractivity contribution in [2.24, 2.45) is 0 Å². The van der Waals surface area contributed by atoms with E-state index in [1.54, 1.807) is 24.3 Å². The van der Waals surface area contributed by atoms with Gasteiger partial charge in [-0.05, 0) is 23.8 Å². The van der Waals surface area contributed by atoms with Crippen LogP contribution in [0.3, 0.4) is 0 Å². The molecule has 4 nitrogen and oxygen atoms in total. The first kappa shape index (κ1) is 14.0. The summed E-state index contributed by atoms with van der Waals surface area (Å²) < 4.78 is 13.8. The Labute approximate surface area is 118 Å². The Bertz CT molecular complexity index is 681. The highest BCUT2D eigenvalue weighted by Crippen LogP contribution is 2.23. The van der Waals surface area contributed by atoms with Crippen LogP contribution in [0.5, 0.6) is 0 Å². The normalized spacial score (nSPS) is 10.0. The van der Waals surface area contributed by atoms with E-state index in [0.717, 1.165) is 0 Å². The Kier molecular flexibility index (Phi) is 4.33. The highest BCUT2D eigenvalue weighted by atomic mass is 32.2. The number of carboxylic acids is 1. The fourth-order valence-corrected chi connectivity index (χ4v) is 2.34. The van der Waals surface area contributed by atoms with Crippen molar-refractivity contribution in [3.8, 4) is 6.07 Å². The molecule has 1 aromatic carbocycles. The number of halogens is 1. The maximum absolute atomic E-state index is 13.8. The number of aromatic nitrogens is 1. The number of pyridine rings is 1.